The first kappa shape index (κ1) is 11.6. The number of nitrogens with zero attached hydrogens (tertiary/aromatic N) is 3. The van der Waals surface area contributed by atoms with Gasteiger partial charge in [0.25, 0.3) is 0 Å². The number of rotatable bonds is 6. The van der Waals surface area contributed by atoms with Crippen LogP contribution in [0, 0.1) is 5.92 Å². The van der Waals surface area contributed by atoms with E-state index in [2.05, 4.69) is 28.8 Å². The molecular weight excluding hydrogens is 200 g/mol. The largest absolute Gasteiger partial charge is 0.330 e. The highest BCUT2D eigenvalue weighted by Gasteiger charge is 2.26. The predicted molar refractivity (Wildman–Crippen MR) is 64.2 cm³/mol. The maximum Gasteiger partial charge on any atom is 0.0871 e. The van der Waals surface area contributed by atoms with Crippen LogP contribution in [0.25, 0.3) is 0 Å². The molecule has 1 aliphatic rings. The van der Waals surface area contributed by atoms with Crippen LogP contribution >= 0.6 is 0 Å². The summed E-state index contributed by atoms with van der Waals surface area (Å²) in [5.41, 5.74) is 8.07. The van der Waals surface area contributed by atoms with Crippen LogP contribution in [0.3, 0.4) is 0 Å². The zero-order chi connectivity index (χ0) is 11.5. The van der Waals surface area contributed by atoms with E-state index in [1.54, 1.807) is 0 Å². The van der Waals surface area contributed by atoms with Crippen molar-refractivity contribution < 1.29 is 0 Å². The molecule has 0 radical (unpaired) electrons. The molecule has 0 aromatic carbocycles. The van der Waals surface area contributed by atoms with E-state index in [1.165, 1.54) is 18.5 Å². The number of hydrogen-bond acceptors (Lipinski definition) is 3. The maximum absolute atomic E-state index is 5.62. The molecule has 2 N–H and O–H groups in total. The summed E-state index contributed by atoms with van der Waals surface area (Å²) < 4.78 is 2.11. The molecule has 1 aliphatic carbocycles. The van der Waals surface area contributed by atoms with Crippen LogP contribution in [0.1, 0.15) is 50.5 Å². The molecule has 0 bridgehead atoms. The van der Waals surface area contributed by atoms with Gasteiger partial charge in [-0.2, -0.15) is 0 Å². The zero-order valence-electron chi connectivity index (χ0n) is 10.3. The lowest BCUT2D eigenvalue weighted by Crippen LogP contribution is -2.12. The van der Waals surface area contributed by atoms with Crippen LogP contribution < -0.4 is 5.73 Å². The molecular formula is C12H22N4. The summed E-state index contributed by atoms with van der Waals surface area (Å²) in [6.07, 6.45) is 5.84. The molecule has 1 unspecified atom stereocenters. The van der Waals surface area contributed by atoms with Gasteiger partial charge < -0.3 is 5.73 Å². The van der Waals surface area contributed by atoms with E-state index >= 15 is 0 Å². The highest BCUT2D eigenvalue weighted by Crippen LogP contribution is 2.33. The summed E-state index contributed by atoms with van der Waals surface area (Å²) in [6, 6.07) is 0.452. The smallest absolute Gasteiger partial charge is 0.0871 e. The topological polar surface area (TPSA) is 56.7 Å². The molecule has 4 nitrogen and oxygen atoms in total. The summed E-state index contributed by atoms with van der Waals surface area (Å²) in [4.78, 5) is 0. The number of nitrogens with two attached hydrogens (primary N) is 1. The molecule has 1 aromatic rings. The summed E-state index contributed by atoms with van der Waals surface area (Å²) in [7, 11) is 0. The Hall–Kier alpha value is -0.900. The van der Waals surface area contributed by atoms with E-state index in [0.717, 1.165) is 30.9 Å². The van der Waals surface area contributed by atoms with E-state index in [9.17, 15) is 0 Å². The monoisotopic (exact) mass is 222 g/mol. The van der Waals surface area contributed by atoms with Crippen LogP contribution in [-0.2, 0) is 12.8 Å². The van der Waals surface area contributed by atoms with Gasteiger partial charge in [-0.15, -0.1) is 5.10 Å². The third-order valence-electron chi connectivity index (χ3n) is 3.44. The normalized spacial score (nSPS) is 17.7. The Morgan fingerprint density at radius 3 is 2.81 bits per heavy atom. The van der Waals surface area contributed by atoms with Crippen LogP contribution in [0.15, 0.2) is 0 Å². The third-order valence-corrected chi connectivity index (χ3v) is 3.44. The molecule has 1 heterocycles. The fraction of sp³-hybridized carbons (Fsp3) is 0.833. The summed E-state index contributed by atoms with van der Waals surface area (Å²) in [5.74, 6) is 0.873. The Morgan fingerprint density at radius 1 is 1.50 bits per heavy atom. The van der Waals surface area contributed by atoms with Crippen molar-refractivity contribution in [3.8, 4) is 0 Å². The minimum absolute atomic E-state index is 0.452. The van der Waals surface area contributed by atoms with Crippen molar-refractivity contribution in [3.63, 3.8) is 0 Å². The molecule has 0 aliphatic heterocycles. The lowest BCUT2D eigenvalue weighted by molar-refractivity contribution is 0.444. The highest BCUT2D eigenvalue weighted by molar-refractivity contribution is 5.13. The van der Waals surface area contributed by atoms with Gasteiger partial charge in [0, 0.05) is 6.42 Å². The minimum atomic E-state index is 0.452. The number of aromatic nitrogens is 3. The molecule has 0 saturated heterocycles. The van der Waals surface area contributed by atoms with Crippen molar-refractivity contribution in [3.05, 3.63) is 11.4 Å². The third kappa shape index (κ3) is 2.43. The van der Waals surface area contributed by atoms with Crippen molar-refractivity contribution >= 4 is 0 Å². The second-order valence-electron chi connectivity index (χ2n) is 4.87. The second kappa shape index (κ2) is 4.95. The van der Waals surface area contributed by atoms with Gasteiger partial charge in [0.2, 0.25) is 0 Å². The summed E-state index contributed by atoms with van der Waals surface area (Å²) in [5, 5.41) is 8.59. The Labute approximate surface area is 97.2 Å². The van der Waals surface area contributed by atoms with Gasteiger partial charge in [0.05, 0.1) is 17.4 Å². The van der Waals surface area contributed by atoms with E-state index < -0.39 is 0 Å². The van der Waals surface area contributed by atoms with E-state index in [-0.39, 0.29) is 0 Å². The lowest BCUT2D eigenvalue weighted by Gasteiger charge is -2.13. The molecule has 1 aromatic heterocycles. The fourth-order valence-electron chi connectivity index (χ4n) is 2.01. The standard InChI is InChI=1S/C12H22N4/c1-3-9(2)16-12(8-10-4-5-10)11(6-7-13)14-15-16/h9-10H,3-8,13H2,1-2H3. The van der Waals surface area contributed by atoms with Gasteiger partial charge in [-0.1, -0.05) is 12.1 Å². The zero-order valence-corrected chi connectivity index (χ0v) is 10.3. The molecule has 90 valence electrons. The fourth-order valence-corrected chi connectivity index (χ4v) is 2.01. The Kier molecular flexibility index (Phi) is 3.59. The van der Waals surface area contributed by atoms with Gasteiger partial charge in [-0.25, -0.2) is 4.68 Å². The first-order valence-corrected chi connectivity index (χ1v) is 6.39. The average Bonchev–Trinajstić information content (AvgIpc) is 3.02. The predicted octanol–water partition coefficient (Wildman–Crippen LogP) is 1.70. The molecule has 0 spiro atoms. The average molecular weight is 222 g/mol. The molecule has 1 fully saturated rings. The van der Waals surface area contributed by atoms with Gasteiger partial charge in [-0.05, 0) is 45.1 Å². The van der Waals surface area contributed by atoms with Gasteiger partial charge in [0.15, 0.2) is 0 Å². The SMILES string of the molecule is CCC(C)n1nnc(CCN)c1CC1CC1. The molecule has 1 saturated carbocycles. The van der Waals surface area contributed by atoms with Gasteiger partial charge >= 0.3 is 0 Å². The van der Waals surface area contributed by atoms with Gasteiger partial charge in [0.1, 0.15) is 0 Å². The molecule has 4 heteroatoms. The minimum Gasteiger partial charge on any atom is -0.330 e. The Morgan fingerprint density at radius 2 is 2.25 bits per heavy atom. The molecule has 2 rings (SSSR count). The first-order valence-electron chi connectivity index (χ1n) is 6.39. The lowest BCUT2D eigenvalue weighted by atomic mass is 10.1. The first-order chi connectivity index (χ1) is 7.76. The summed E-state index contributed by atoms with van der Waals surface area (Å²) >= 11 is 0. The van der Waals surface area contributed by atoms with Crippen molar-refractivity contribution in [1.29, 1.82) is 0 Å². The Balaban J connectivity index is 2.20. The summed E-state index contributed by atoms with van der Waals surface area (Å²) in [6.45, 7) is 5.06. The molecule has 0 amide bonds. The van der Waals surface area contributed by atoms with Crippen molar-refractivity contribution in [2.45, 2.75) is 52.0 Å². The van der Waals surface area contributed by atoms with E-state index in [0.29, 0.717) is 12.6 Å². The van der Waals surface area contributed by atoms with Crippen molar-refractivity contribution in [1.82, 2.24) is 15.0 Å². The quantitative estimate of drug-likeness (QED) is 0.797. The Bertz CT molecular complexity index is 341. The van der Waals surface area contributed by atoms with Crippen molar-refractivity contribution in [2.75, 3.05) is 6.54 Å². The van der Waals surface area contributed by atoms with Crippen LogP contribution in [0.4, 0.5) is 0 Å². The van der Waals surface area contributed by atoms with Crippen LogP contribution in [-0.4, -0.2) is 21.5 Å². The van der Waals surface area contributed by atoms with E-state index in [1.807, 2.05) is 0 Å². The second-order valence-corrected chi connectivity index (χ2v) is 4.87. The molecule has 1 atom stereocenters. The van der Waals surface area contributed by atoms with Crippen molar-refractivity contribution in [2.24, 2.45) is 11.7 Å². The van der Waals surface area contributed by atoms with Crippen LogP contribution in [0.2, 0.25) is 0 Å². The van der Waals surface area contributed by atoms with E-state index in [4.69, 9.17) is 5.73 Å². The maximum atomic E-state index is 5.62. The number of hydrogen-bond donors (Lipinski definition) is 1. The molecule has 16 heavy (non-hydrogen) atoms. The highest BCUT2D eigenvalue weighted by atomic mass is 15.4. The van der Waals surface area contributed by atoms with Crippen LogP contribution in [0.5, 0.6) is 0 Å². The van der Waals surface area contributed by atoms with Gasteiger partial charge in [-0.3, -0.25) is 0 Å².